The van der Waals surface area contributed by atoms with Crippen LogP contribution in [0.25, 0.3) is 5.69 Å². The molecule has 2 aromatic rings. The summed E-state index contributed by atoms with van der Waals surface area (Å²) >= 11 is 6.13. The van der Waals surface area contributed by atoms with Gasteiger partial charge in [-0.15, -0.1) is 0 Å². The van der Waals surface area contributed by atoms with E-state index in [-0.39, 0.29) is 5.91 Å². The Bertz CT molecular complexity index is 724. The van der Waals surface area contributed by atoms with E-state index >= 15 is 0 Å². The Hall–Kier alpha value is -1.85. The Morgan fingerprint density at radius 1 is 1.32 bits per heavy atom. The van der Waals surface area contributed by atoms with E-state index in [1.807, 2.05) is 54.9 Å². The minimum absolute atomic E-state index is 0.0459. The number of hydrogen-bond acceptors (Lipinski definition) is 3. The molecule has 0 spiro atoms. The van der Waals surface area contributed by atoms with Crippen molar-refractivity contribution in [2.24, 2.45) is 0 Å². The third-order valence-electron chi connectivity index (χ3n) is 4.00. The van der Waals surface area contributed by atoms with Crippen LogP contribution in [0.4, 0.5) is 0 Å². The quantitative estimate of drug-likeness (QED) is 0.783. The lowest BCUT2D eigenvalue weighted by Gasteiger charge is -2.12. The highest BCUT2D eigenvalue weighted by Crippen LogP contribution is 2.23. The minimum atomic E-state index is -0.0459. The van der Waals surface area contributed by atoms with Crippen molar-refractivity contribution in [1.29, 1.82) is 0 Å². The van der Waals surface area contributed by atoms with Crippen LogP contribution in [-0.4, -0.2) is 47.8 Å². The number of aromatic nitrogens is 2. The van der Waals surface area contributed by atoms with Crippen LogP contribution in [0.15, 0.2) is 24.3 Å². The van der Waals surface area contributed by atoms with Crippen LogP contribution in [0.5, 0.6) is 0 Å². The molecule has 0 saturated heterocycles. The predicted octanol–water partition coefficient (Wildman–Crippen LogP) is 3.33. The molecule has 0 atom stereocenters. The van der Waals surface area contributed by atoms with Gasteiger partial charge in [0.2, 0.25) is 0 Å². The lowest BCUT2D eigenvalue weighted by atomic mass is 10.1. The standard InChI is InChI=1S/C19H27ClN4O/c1-5-8-16-18(19(25)21-11-12-23(3)4)17(6-2)24(22-16)15-10-7-9-14(20)13-15/h7,9-10,13H,5-6,8,11-12H2,1-4H3,(H,21,25). The average Bonchev–Trinajstić information content (AvgIpc) is 2.93. The fraction of sp³-hybridized carbons (Fsp3) is 0.474. The van der Waals surface area contributed by atoms with Crippen LogP contribution in [0.1, 0.15) is 42.0 Å². The molecule has 0 radical (unpaired) electrons. The largest absolute Gasteiger partial charge is 0.351 e. The summed E-state index contributed by atoms with van der Waals surface area (Å²) in [6, 6.07) is 7.57. The van der Waals surface area contributed by atoms with Gasteiger partial charge in [0.15, 0.2) is 0 Å². The van der Waals surface area contributed by atoms with Gasteiger partial charge in [-0.1, -0.05) is 37.9 Å². The van der Waals surface area contributed by atoms with Crippen LogP contribution in [-0.2, 0) is 12.8 Å². The zero-order valence-electron chi connectivity index (χ0n) is 15.5. The van der Waals surface area contributed by atoms with Gasteiger partial charge in [0.05, 0.1) is 22.6 Å². The van der Waals surface area contributed by atoms with Crippen molar-refractivity contribution in [2.45, 2.75) is 33.1 Å². The van der Waals surface area contributed by atoms with Crippen molar-refractivity contribution >= 4 is 17.5 Å². The lowest BCUT2D eigenvalue weighted by molar-refractivity contribution is 0.0949. The summed E-state index contributed by atoms with van der Waals surface area (Å²) in [5.74, 6) is -0.0459. The Labute approximate surface area is 155 Å². The molecule has 0 bridgehead atoms. The highest BCUT2D eigenvalue weighted by Gasteiger charge is 2.22. The molecule has 1 amide bonds. The van der Waals surface area contributed by atoms with Crippen LogP contribution >= 0.6 is 11.6 Å². The number of carbonyl (C=O) groups excluding carboxylic acids is 1. The Kier molecular flexibility index (Phi) is 7.02. The Morgan fingerprint density at radius 3 is 2.68 bits per heavy atom. The molecule has 6 heteroatoms. The summed E-state index contributed by atoms with van der Waals surface area (Å²) in [6.45, 7) is 5.56. The number of amides is 1. The second-order valence-electron chi connectivity index (χ2n) is 6.32. The zero-order chi connectivity index (χ0) is 18.4. The van der Waals surface area contributed by atoms with Gasteiger partial charge in [0.1, 0.15) is 0 Å². The maximum atomic E-state index is 12.8. The van der Waals surface area contributed by atoms with Crippen LogP contribution in [0.2, 0.25) is 5.02 Å². The highest BCUT2D eigenvalue weighted by molar-refractivity contribution is 6.30. The summed E-state index contributed by atoms with van der Waals surface area (Å²) in [5.41, 5.74) is 3.37. The summed E-state index contributed by atoms with van der Waals surface area (Å²) in [4.78, 5) is 14.8. The number of aryl methyl sites for hydroxylation is 1. The van der Waals surface area contributed by atoms with Gasteiger partial charge >= 0.3 is 0 Å². The molecule has 0 aliphatic rings. The Morgan fingerprint density at radius 2 is 2.08 bits per heavy atom. The molecule has 1 aromatic carbocycles. The molecule has 2 rings (SSSR count). The third kappa shape index (κ3) is 4.83. The molecule has 0 fully saturated rings. The van der Waals surface area contributed by atoms with Gasteiger partial charge in [-0.2, -0.15) is 5.10 Å². The summed E-state index contributed by atoms with van der Waals surface area (Å²) in [7, 11) is 3.98. The average molecular weight is 363 g/mol. The van der Waals surface area contributed by atoms with Gasteiger partial charge in [-0.25, -0.2) is 4.68 Å². The molecule has 0 unspecified atom stereocenters. The van der Waals surface area contributed by atoms with E-state index in [2.05, 4.69) is 12.2 Å². The van der Waals surface area contributed by atoms with Crippen LogP contribution in [0.3, 0.4) is 0 Å². The van der Waals surface area contributed by atoms with Crippen molar-refractivity contribution in [3.05, 3.63) is 46.2 Å². The van der Waals surface area contributed by atoms with Crippen LogP contribution in [0, 0.1) is 0 Å². The maximum absolute atomic E-state index is 12.8. The number of benzene rings is 1. The van der Waals surface area contributed by atoms with Crippen molar-refractivity contribution in [3.8, 4) is 5.69 Å². The van der Waals surface area contributed by atoms with E-state index in [0.717, 1.165) is 42.9 Å². The first-order valence-electron chi connectivity index (χ1n) is 8.77. The Balaban J connectivity index is 2.41. The first-order chi connectivity index (χ1) is 12.0. The van der Waals surface area contributed by atoms with Gasteiger partial charge in [-0.05, 0) is 45.1 Å². The van der Waals surface area contributed by atoms with Gasteiger partial charge < -0.3 is 10.2 Å². The topological polar surface area (TPSA) is 50.2 Å². The first-order valence-corrected chi connectivity index (χ1v) is 9.15. The maximum Gasteiger partial charge on any atom is 0.255 e. The number of carbonyl (C=O) groups is 1. The van der Waals surface area contributed by atoms with Crippen molar-refractivity contribution < 1.29 is 4.79 Å². The van der Waals surface area contributed by atoms with E-state index in [1.165, 1.54) is 0 Å². The predicted molar refractivity (Wildman–Crippen MR) is 103 cm³/mol. The highest BCUT2D eigenvalue weighted by atomic mass is 35.5. The van der Waals surface area contributed by atoms with Crippen molar-refractivity contribution in [2.75, 3.05) is 27.2 Å². The van der Waals surface area contributed by atoms with Gasteiger partial charge in [-0.3, -0.25) is 4.79 Å². The second kappa shape index (κ2) is 9.02. The number of rotatable bonds is 8. The number of hydrogen-bond donors (Lipinski definition) is 1. The summed E-state index contributed by atoms with van der Waals surface area (Å²) < 4.78 is 1.86. The SMILES string of the molecule is CCCc1nn(-c2cccc(Cl)c2)c(CC)c1C(=O)NCCN(C)C. The molecule has 1 heterocycles. The van der Waals surface area contributed by atoms with E-state index in [0.29, 0.717) is 17.1 Å². The number of nitrogens with one attached hydrogen (secondary N) is 1. The molecule has 0 aliphatic heterocycles. The molecule has 25 heavy (non-hydrogen) atoms. The summed E-state index contributed by atoms with van der Waals surface area (Å²) in [5, 5.41) is 8.41. The number of halogens is 1. The lowest BCUT2D eigenvalue weighted by Crippen LogP contribution is -2.32. The smallest absolute Gasteiger partial charge is 0.255 e. The van der Waals surface area contributed by atoms with E-state index in [9.17, 15) is 4.79 Å². The monoisotopic (exact) mass is 362 g/mol. The first kappa shape index (κ1) is 19.5. The molecular formula is C19H27ClN4O. The molecule has 0 saturated carbocycles. The van der Waals surface area contributed by atoms with Crippen molar-refractivity contribution in [3.63, 3.8) is 0 Å². The normalized spacial score (nSPS) is 11.1. The van der Waals surface area contributed by atoms with E-state index < -0.39 is 0 Å². The zero-order valence-corrected chi connectivity index (χ0v) is 16.2. The molecule has 136 valence electrons. The van der Waals surface area contributed by atoms with E-state index in [4.69, 9.17) is 16.7 Å². The van der Waals surface area contributed by atoms with E-state index in [1.54, 1.807) is 0 Å². The van der Waals surface area contributed by atoms with Gasteiger partial charge in [0.25, 0.3) is 5.91 Å². The van der Waals surface area contributed by atoms with Crippen molar-refractivity contribution in [1.82, 2.24) is 20.0 Å². The molecule has 5 nitrogen and oxygen atoms in total. The van der Waals surface area contributed by atoms with Gasteiger partial charge in [0, 0.05) is 18.1 Å². The fourth-order valence-electron chi connectivity index (χ4n) is 2.81. The number of likely N-dealkylation sites (N-methyl/N-ethyl adjacent to an activating group) is 1. The molecule has 0 aliphatic carbocycles. The minimum Gasteiger partial charge on any atom is -0.351 e. The van der Waals surface area contributed by atoms with Crippen LogP contribution < -0.4 is 5.32 Å². The number of nitrogens with zero attached hydrogens (tertiary/aromatic N) is 3. The fourth-order valence-corrected chi connectivity index (χ4v) is 2.99. The molecule has 1 N–H and O–H groups in total. The summed E-state index contributed by atoms with van der Waals surface area (Å²) in [6.07, 6.45) is 2.43. The third-order valence-corrected chi connectivity index (χ3v) is 4.23. The molecule has 1 aromatic heterocycles. The second-order valence-corrected chi connectivity index (χ2v) is 6.76. The molecular weight excluding hydrogens is 336 g/mol.